The lowest BCUT2D eigenvalue weighted by atomic mass is 10.0. The van der Waals surface area contributed by atoms with Gasteiger partial charge in [-0.05, 0) is 37.1 Å². The molecule has 1 atom stereocenters. The first-order chi connectivity index (χ1) is 16.2. The molecule has 2 saturated heterocycles. The summed E-state index contributed by atoms with van der Waals surface area (Å²) in [6.45, 7) is 2.26. The summed E-state index contributed by atoms with van der Waals surface area (Å²) >= 11 is 0. The smallest absolute Gasteiger partial charge is 0.242 e. The number of hydrogen-bond acceptors (Lipinski definition) is 4. The first-order valence-electron chi connectivity index (χ1n) is 11.5. The van der Waals surface area contributed by atoms with Gasteiger partial charge in [-0.1, -0.05) is 42.8 Å². The average molecular weight is 445 g/mol. The Morgan fingerprint density at radius 3 is 2.67 bits per heavy atom. The number of amides is 2. The third-order valence-electron chi connectivity index (χ3n) is 6.14. The predicted octanol–water partition coefficient (Wildman–Crippen LogP) is 3.22. The second-order valence-electron chi connectivity index (χ2n) is 8.40. The Labute approximate surface area is 193 Å². The average Bonchev–Trinajstić information content (AvgIpc) is 3.32. The van der Waals surface area contributed by atoms with Crippen LogP contribution in [0.2, 0.25) is 0 Å². The number of aliphatic imine (C=N–C) groups is 2. The normalized spacial score (nSPS) is 19.7. The third kappa shape index (κ3) is 5.55. The molecule has 2 aliphatic heterocycles. The van der Waals surface area contributed by atoms with Crippen LogP contribution in [0.3, 0.4) is 0 Å². The Bertz CT molecular complexity index is 1110. The van der Waals surface area contributed by atoms with Crippen molar-refractivity contribution in [3.8, 4) is 6.19 Å². The van der Waals surface area contributed by atoms with Crippen LogP contribution in [0.15, 0.2) is 52.4 Å². The zero-order valence-corrected chi connectivity index (χ0v) is 18.6. The topological polar surface area (TPSA) is 101 Å². The second-order valence-corrected chi connectivity index (χ2v) is 8.40. The van der Waals surface area contributed by atoms with Gasteiger partial charge in [0.1, 0.15) is 0 Å². The lowest BCUT2D eigenvalue weighted by Gasteiger charge is -2.25. The molecule has 4 rings (SSSR count). The van der Waals surface area contributed by atoms with E-state index in [0.29, 0.717) is 18.7 Å². The van der Waals surface area contributed by atoms with E-state index in [2.05, 4.69) is 15.3 Å². The largest absolute Gasteiger partial charge is 0.341 e. The molecule has 0 bridgehead atoms. The summed E-state index contributed by atoms with van der Waals surface area (Å²) in [6, 6.07) is 13.6. The zero-order valence-electron chi connectivity index (χ0n) is 18.6. The molecule has 8 nitrogen and oxygen atoms in total. The Morgan fingerprint density at radius 2 is 1.85 bits per heavy atom. The van der Waals surface area contributed by atoms with E-state index in [9.17, 15) is 14.9 Å². The fourth-order valence-corrected chi connectivity index (χ4v) is 4.38. The first kappa shape index (κ1) is 22.5. The molecule has 0 saturated carbocycles. The summed E-state index contributed by atoms with van der Waals surface area (Å²) in [7, 11) is 0. The van der Waals surface area contributed by atoms with Crippen molar-refractivity contribution < 1.29 is 9.59 Å². The van der Waals surface area contributed by atoms with Gasteiger partial charge in [0.2, 0.25) is 17.8 Å². The van der Waals surface area contributed by atoms with E-state index in [1.165, 1.54) is 0 Å². The third-order valence-corrected chi connectivity index (χ3v) is 6.14. The maximum absolute atomic E-state index is 13.1. The van der Waals surface area contributed by atoms with Crippen molar-refractivity contribution in [3.63, 3.8) is 0 Å². The van der Waals surface area contributed by atoms with E-state index < -0.39 is 5.92 Å². The lowest BCUT2D eigenvalue weighted by molar-refractivity contribution is -0.140. The van der Waals surface area contributed by atoms with Gasteiger partial charge >= 0.3 is 0 Å². The summed E-state index contributed by atoms with van der Waals surface area (Å²) in [6.07, 6.45) is 7.88. The Morgan fingerprint density at radius 1 is 1.09 bits per heavy atom. The van der Waals surface area contributed by atoms with Crippen LogP contribution < -0.4 is 5.32 Å². The minimum absolute atomic E-state index is 0.0165. The monoisotopic (exact) mass is 444 g/mol. The van der Waals surface area contributed by atoms with E-state index >= 15 is 0 Å². The minimum Gasteiger partial charge on any atom is -0.341 e. The number of likely N-dealkylation sites (tertiary alicyclic amines) is 2. The van der Waals surface area contributed by atoms with E-state index in [1.54, 1.807) is 11.1 Å². The van der Waals surface area contributed by atoms with Crippen molar-refractivity contribution in [2.45, 2.75) is 32.1 Å². The number of hydrogen-bond donors (Lipinski definition) is 1. The quantitative estimate of drug-likeness (QED) is 0.339. The van der Waals surface area contributed by atoms with E-state index in [4.69, 9.17) is 0 Å². The van der Waals surface area contributed by atoms with Gasteiger partial charge in [-0.15, -0.1) is 0 Å². The van der Waals surface area contributed by atoms with Crippen molar-refractivity contribution in [2.24, 2.45) is 15.9 Å². The molecule has 0 radical (unpaired) electrons. The predicted molar refractivity (Wildman–Crippen MR) is 128 cm³/mol. The highest BCUT2D eigenvalue weighted by Gasteiger charge is 2.29. The summed E-state index contributed by atoms with van der Waals surface area (Å²) in [5, 5.41) is 13.7. The molecule has 0 spiro atoms. The highest BCUT2D eigenvalue weighted by Crippen LogP contribution is 2.25. The summed E-state index contributed by atoms with van der Waals surface area (Å²) in [5.41, 5.74) is 0.688. The number of nitriles is 1. The van der Waals surface area contributed by atoms with Crippen molar-refractivity contribution in [1.82, 2.24) is 15.1 Å². The lowest BCUT2D eigenvalue weighted by Crippen LogP contribution is -2.44. The number of carbonyl (C=O) groups excluding carboxylic acids is 2. The fourth-order valence-electron chi connectivity index (χ4n) is 4.38. The molecule has 2 heterocycles. The number of rotatable bonds is 4. The molecule has 170 valence electrons. The van der Waals surface area contributed by atoms with Crippen LogP contribution in [0.25, 0.3) is 10.8 Å². The molecule has 2 fully saturated rings. The summed E-state index contributed by atoms with van der Waals surface area (Å²) < 4.78 is 0. The van der Waals surface area contributed by atoms with Crippen molar-refractivity contribution >= 4 is 40.4 Å². The van der Waals surface area contributed by atoms with Crippen molar-refractivity contribution in [3.05, 3.63) is 42.5 Å². The second kappa shape index (κ2) is 10.7. The standard InChI is InChI=1S/C25H28N6O2/c26-18-28-25(29-22-12-7-10-19-8-1-2-11-21(19)22)27-16-20-9-3-4-15-31(24(20)33)17-23(32)30-13-5-6-14-30/h1-2,7-8,10-12,16,20H,3-6,9,13-15,17H2,(H,28,29)/b27-16-. The summed E-state index contributed by atoms with van der Waals surface area (Å²) in [5.74, 6) is -0.393. The molecule has 2 aliphatic rings. The maximum Gasteiger partial charge on any atom is 0.242 e. The van der Waals surface area contributed by atoms with Crippen LogP contribution in [0, 0.1) is 17.4 Å². The van der Waals surface area contributed by atoms with Crippen LogP contribution in [-0.2, 0) is 9.59 Å². The highest BCUT2D eigenvalue weighted by atomic mass is 16.2. The Kier molecular flexibility index (Phi) is 7.30. The molecule has 0 aliphatic carbocycles. The van der Waals surface area contributed by atoms with E-state index in [1.807, 2.05) is 53.6 Å². The minimum atomic E-state index is -0.447. The van der Waals surface area contributed by atoms with Gasteiger partial charge in [-0.25, -0.2) is 9.98 Å². The molecule has 1 N–H and O–H groups in total. The molecule has 1 unspecified atom stereocenters. The van der Waals surface area contributed by atoms with E-state index in [0.717, 1.165) is 49.5 Å². The van der Waals surface area contributed by atoms with Gasteiger partial charge in [0, 0.05) is 31.2 Å². The molecular weight excluding hydrogens is 416 g/mol. The number of fused-ring (bicyclic) bond motifs is 1. The number of carbonyl (C=O) groups is 2. The zero-order chi connectivity index (χ0) is 23.0. The number of benzene rings is 2. The van der Waals surface area contributed by atoms with Gasteiger partial charge < -0.3 is 9.80 Å². The number of nitrogens with one attached hydrogen (secondary N) is 1. The molecular formula is C25H28N6O2. The Hall–Kier alpha value is -3.73. The molecule has 33 heavy (non-hydrogen) atoms. The molecule has 8 heteroatoms. The Balaban J connectivity index is 1.51. The first-order valence-corrected chi connectivity index (χ1v) is 11.5. The number of nitrogens with zero attached hydrogens (tertiary/aromatic N) is 5. The fraction of sp³-hybridized carbons (Fsp3) is 0.400. The van der Waals surface area contributed by atoms with Gasteiger partial charge in [0.15, 0.2) is 6.19 Å². The van der Waals surface area contributed by atoms with Gasteiger partial charge in [0.05, 0.1) is 18.2 Å². The SMILES string of the molecule is N#CNC(=Nc1cccc2ccccc12)/N=C\C1CCCCN(CC(=O)N2CCCC2)C1=O. The van der Waals surface area contributed by atoms with Gasteiger partial charge in [0.25, 0.3) is 0 Å². The maximum atomic E-state index is 13.1. The van der Waals surface area contributed by atoms with Crippen molar-refractivity contribution in [1.29, 1.82) is 5.26 Å². The van der Waals surface area contributed by atoms with Crippen LogP contribution in [0.5, 0.6) is 0 Å². The van der Waals surface area contributed by atoms with Crippen LogP contribution >= 0.6 is 0 Å². The van der Waals surface area contributed by atoms with E-state index in [-0.39, 0.29) is 24.3 Å². The highest BCUT2D eigenvalue weighted by molar-refractivity contribution is 6.01. The molecule has 2 aromatic carbocycles. The van der Waals surface area contributed by atoms with Crippen LogP contribution in [-0.4, -0.2) is 60.0 Å². The molecule has 2 aromatic rings. The van der Waals surface area contributed by atoms with Crippen molar-refractivity contribution in [2.75, 3.05) is 26.2 Å². The summed E-state index contributed by atoms with van der Waals surface area (Å²) in [4.78, 5) is 38.1. The van der Waals surface area contributed by atoms with Crippen LogP contribution in [0.4, 0.5) is 5.69 Å². The van der Waals surface area contributed by atoms with Gasteiger partial charge in [-0.2, -0.15) is 5.26 Å². The van der Waals surface area contributed by atoms with Crippen LogP contribution in [0.1, 0.15) is 32.1 Å². The number of guanidine groups is 1. The van der Waals surface area contributed by atoms with Gasteiger partial charge in [-0.3, -0.25) is 14.9 Å². The molecule has 2 amide bonds. The molecule has 0 aromatic heterocycles.